The third-order valence-electron chi connectivity index (χ3n) is 2.94. The molecule has 2 aromatic carbocycles. The fraction of sp³-hybridized carbons (Fsp3) is 0.200. The number of benzene rings is 2. The summed E-state index contributed by atoms with van der Waals surface area (Å²) < 4.78 is 13.2. The Kier molecular flexibility index (Phi) is 4.21. The maximum atomic E-state index is 13.2. The van der Waals surface area contributed by atoms with E-state index in [1.54, 1.807) is 12.1 Å². The van der Waals surface area contributed by atoms with Crippen molar-refractivity contribution in [3.8, 4) is 0 Å². The van der Waals surface area contributed by atoms with Crippen LogP contribution < -0.4 is 5.32 Å². The zero-order chi connectivity index (χ0) is 13.0. The summed E-state index contributed by atoms with van der Waals surface area (Å²) in [5.74, 6) is 0.258. The van der Waals surface area contributed by atoms with Gasteiger partial charge in [-0.3, -0.25) is 0 Å². The Morgan fingerprint density at radius 2 is 1.89 bits per heavy atom. The molecule has 18 heavy (non-hydrogen) atoms. The lowest BCUT2D eigenvalue weighted by molar-refractivity contribution is 0.625. The molecule has 2 rings (SSSR count). The van der Waals surface area contributed by atoms with E-state index in [-0.39, 0.29) is 5.82 Å². The second-order valence-corrected chi connectivity index (χ2v) is 4.48. The summed E-state index contributed by atoms with van der Waals surface area (Å²) in [4.78, 5) is 0. The Morgan fingerprint density at radius 3 is 2.67 bits per heavy atom. The van der Waals surface area contributed by atoms with Crippen molar-refractivity contribution in [2.24, 2.45) is 0 Å². The van der Waals surface area contributed by atoms with Gasteiger partial charge >= 0.3 is 0 Å². The number of hydrogen-bond acceptors (Lipinski definition) is 1. The van der Waals surface area contributed by atoms with Gasteiger partial charge in [0, 0.05) is 18.1 Å². The predicted molar refractivity (Wildman–Crippen MR) is 74.5 cm³/mol. The molecule has 0 aliphatic heterocycles. The highest BCUT2D eigenvalue weighted by molar-refractivity contribution is 6.17. The highest BCUT2D eigenvalue weighted by Gasteiger charge is 2.03. The van der Waals surface area contributed by atoms with Gasteiger partial charge in [0.1, 0.15) is 5.82 Å². The van der Waals surface area contributed by atoms with Crippen molar-refractivity contribution >= 4 is 17.3 Å². The van der Waals surface area contributed by atoms with E-state index in [1.807, 2.05) is 31.2 Å². The molecule has 1 N–H and O–H groups in total. The molecule has 94 valence electrons. The van der Waals surface area contributed by atoms with E-state index in [9.17, 15) is 4.39 Å². The predicted octanol–water partition coefficient (Wildman–Crippen LogP) is 4.49. The van der Waals surface area contributed by atoms with E-state index in [1.165, 1.54) is 6.07 Å². The maximum absolute atomic E-state index is 13.2. The summed E-state index contributed by atoms with van der Waals surface area (Å²) in [6, 6.07) is 12.7. The summed E-state index contributed by atoms with van der Waals surface area (Å²) in [6.07, 6.45) is 0. The van der Waals surface area contributed by atoms with Gasteiger partial charge in [0.15, 0.2) is 0 Å². The molecule has 0 saturated carbocycles. The third kappa shape index (κ3) is 3.02. The first-order chi connectivity index (χ1) is 8.70. The van der Waals surface area contributed by atoms with Crippen LogP contribution >= 0.6 is 11.6 Å². The number of nitrogens with one attached hydrogen (secondary N) is 1. The number of hydrogen-bond donors (Lipinski definition) is 1. The number of anilines is 1. The normalized spacial score (nSPS) is 10.4. The number of halogens is 2. The van der Waals surface area contributed by atoms with Crippen molar-refractivity contribution < 1.29 is 4.39 Å². The van der Waals surface area contributed by atoms with Gasteiger partial charge in [-0.25, -0.2) is 4.39 Å². The largest absolute Gasteiger partial charge is 0.381 e. The quantitative estimate of drug-likeness (QED) is 0.802. The van der Waals surface area contributed by atoms with Crippen LogP contribution in [0.25, 0.3) is 0 Å². The summed E-state index contributed by atoms with van der Waals surface area (Å²) >= 11 is 5.87. The van der Waals surface area contributed by atoms with E-state index in [0.717, 1.165) is 22.4 Å². The zero-order valence-electron chi connectivity index (χ0n) is 10.2. The van der Waals surface area contributed by atoms with Crippen molar-refractivity contribution in [3.63, 3.8) is 0 Å². The Balaban J connectivity index is 2.14. The third-order valence-corrected chi connectivity index (χ3v) is 3.23. The first kappa shape index (κ1) is 12.9. The molecule has 3 heteroatoms. The van der Waals surface area contributed by atoms with E-state index in [2.05, 4.69) is 5.32 Å². The van der Waals surface area contributed by atoms with Crippen molar-refractivity contribution in [1.29, 1.82) is 0 Å². The first-order valence-corrected chi connectivity index (χ1v) is 6.37. The van der Waals surface area contributed by atoms with Gasteiger partial charge in [-0.1, -0.05) is 24.3 Å². The Labute approximate surface area is 112 Å². The van der Waals surface area contributed by atoms with Gasteiger partial charge in [0.05, 0.1) is 0 Å². The molecular formula is C15H15ClFN. The van der Waals surface area contributed by atoms with Gasteiger partial charge in [-0.2, -0.15) is 0 Å². The van der Waals surface area contributed by atoms with E-state index >= 15 is 0 Å². The molecule has 0 fully saturated rings. The minimum Gasteiger partial charge on any atom is -0.381 e. The second kappa shape index (κ2) is 5.87. The molecule has 2 aromatic rings. The zero-order valence-corrected chi connectivity index (χ0v) is 11.0. The molecule has 0 amide bonds. The van der Waals surface area contributed by atoms with Gasteiger partial charge < -0.3 is 5.32 Å². The van der Waals surface area contributed by atoms with Gasteiger partial charge in [0.2, 0.25) is 0 Å². The van der Waals surface area contributed by atoms with Crippen LogP contribution in [0.4, 0.5) is 10.1 Å². The number of alkyl halides is 1. The standard InChI is InChI=1S/C15H15ClFN/c1-11-6-7-14(17)8-13(11)10-18-15-5-3-2-4-12(15)9-16/h2-8,18H,9-10H2,1H3. The Hall–Kier alpha value is -1.54. The molecule has 0 unspecified atom stereocenters. The van der Waals surface area contributed by atoms with Crippen LogP contribution in [0.5, 0.6) is 0 Å². The molecular weight excluding hydrogens is 249 g/mol. The summed E-state index contributed by atoms with van der Waals surface area (Å²) in [7, 11) is 0. The molecule has 0 spiro atoms. The van der Waals surface area contributed by atoms with Crippen LogP contribution in [0.1, 0.15) is 16.7 Å². The number of rotatable bonds is 4. The molecule has 0 aliphatic rings. The number of aryl methyl sites for hydroxylation is 1. The molecule has 0 aliphatic carbocycles. The lowest BCUT2D eigenvalue weighted by Crippen LogP contribution is -2.03. The fourth-order valence-corrected chi connectivity index (χ4v) is 2.06. The lowest BCUT2D eigenvalue weighted by Gasteiger charge is -2.12. The van der Waals surface area contributed by atoms with Gasteiger partial charge in [-0.15, -0.1) is 11.6 Å². The molecule has 0 bridgehead atoms. The van der Waals surface area contributed by atoms with Crippen molar-refractivity contribution in [3.05, 3.63) is 65.0 Å². The minimum absolute atomic E-state index is 0.206. The monoisotopic (exact) mass is 263 g/mol. The summed E-state index contributed by atoms with van der Waals surface area (Å²) in [5, 5.41) is 3.30. The average molecular weight is 264 g/mol. The molecule has 0 radical (unpaired) electrons. The number of para-hydroxylation sites is 1. The first-order valence-electron chi connectivity index (χ1n) is 5.83. The molecule has 0 saturated heterocycles. The average Bonchev–Trinajstić information content (AvgIpc) is 2.40. The summed E-state index contributed by atoms with van der Waals surface area (Å²) in [5.41, 5.74) is 4.08. The van der Waals surface area contributed by atoms with E-state index in [0.29, 0.717) is 12.4 Å². The highest BCUT2D eigenvalue weighted by atomic mass is 35.5. The topological polar surface area (TPSA) is 12.0 Å². The highest BCUT2D eigenvalue weighted by Crippen LogP contribution is 2.19. The van der Waals surface area contributed by atoms with Crippen molar-refractivity contribution in [1.82, 2.24) is 0 Å². The van der Waals surface area contributed by atoms with Crippen LogP contribution in [-0.2, 0) is 12.4 Å². The Morgan fingerprint density at radius 1 is 1.11 bits per heavy atom. The van der Waals surface area contributed by atoms with E-state index in [4.69, 9.17) is 11.6 Å². The SMILES string of the molecule is Cc1ccc(F)cc1CNc1ccccc1CCl. The Bertz CT molecular complexity index is 540. The molecule has 0 aromatic heterocycles. The van der Waals surface area contributed by atoms with Crippen molar-refractivity contribution in [2.45, 2.75) is 19.3 Å². The summed E-state index contributed by atoms with van der Waals surface area (Å²) in [6.45, 7) is 2.57. The molecule has 0 atom stereocenters. The van der Waals surface area contributed by atoms with Crippen LogP contribution in [0.15, 0.2) is 42.5 Å². The van der Waals surface area contributed by atoms with E-state index < -0.39 is 0 Å². The van der Waals surface area contributed by atoms with Crippen LogP contribution in [-0.4, -0.2) is 0 Å². The second-order valence-electron chi connectivity index (χ2n) is 4.22. The van der Waals surface area contributed by atoms with Gasteiger partial charge in [0.25, 0.3) is 0 Å². The van der Waals surface area contributed by atoms with Crippen LogP contribution in [0, 0.1) is 12.7 Å². The molecule has 1 nitrogen and oxygen atoms in total. The van der Waals surface area contributed by atoms with Crippen LogP contribution in [0.2, 0.25) is 0 Å². The molecule has 0 heterocycles. The minimum atomic E-state index is -0.206. The van der Waals surface area contributed by atoms with Gasteiger partial charge in [-0.05, 0) is 41.8 Å². The maximum Gasteiger partial charge on any atom is 0.123 e. The van der Waals surface area contributed by atoms with Crippen LogP contribution in [0.3, 0.4) is 0 Å². The lowest BCUT2D eigenvalue weighted by atomic mass is 10.1. The van der Waals surface area contributed by atoms with Crippen molar-refractivity contribution in [2.75, 3.05) is 5.32 Å². The fourth-order valence-electron chi connectivity index (χ4n) is 1.83. The smallest absolute Gasteiger partial charge is 0.123 e.